The van der Waals surface area contributed by atoms with Crippen molar-refractivity contribution in [3.8, 4) is 0 Å². The van der Waals surface area contributed by atoms with Crippen LogP contribution in [0.15, 0.2) is 29.2 Å². The lowest BCUT2D eigenvalue weighted by Crippen LogP contribution is -2.25. The molecule has 1 atom stereocenters. The number of para-hydroxylation sites is 1. The van der Waals surface area contributed by atoms with Crippen molar-refractivity contribution in [3.63, 3.8) is 0 Å². The van der Waals surface area contributed by atoms with Crippen LogP contribution in [-0.4, -0.2) is 22.7 Å². The zero-order valence-corrected chi connectivity index (χ0v) is 9.29. The molecule has 0 saturated carbocycles. The van der Waals surface area contributed by atoms with Crippen LogP contribution in [-0.2, 0) is 9.59 Å². The van der Waals surface area contributed by atoms with E-state index in [4.69, 9.17) is 5.11 Å². The van der Waals surface area contributed by atoms with Crippen LogP contribution in [0.25, 0.3) is 0 Å². The number of nitrogens with one attached hydrogen (secondary N) is 1. The van der Waals surface area contributed by atoms with Gasteiger partial charge >= 0.3 is 5.97 Å². The quantitative estimate of drug-likeness (QED) is 0.823. The smallest absolute Gasteiger partial charge is 0.304 e. The summed E-state index contributed by atoms with van der Waals surface area (Å²) in [6.45, 7) is 0. The number of anilines is 1. The molecule has 1 aliphatic rings. The number of hydrogen-bond acceptors (Lipinski definition) is 3. The first-order valence-corrected chi connectivity index (χ1v) is 5.90. The van der Waals surface area contributed by atoms with E-state index >= 15 is 0 Å². The van der Waals surface area contributed by atoms with Gasteiger partial charge in [0.25, 0.3) is 0 Å². The molecule has 2 N–H and O–H groups in total. The Bertz CT molecular complexity index is 433. The Morgan fingerprint density at radius 3 is 3.00 bits per heavy atom. The SMILES string of the molecule is O=C(O)C[C@@H]1CSc2ccccc2NC1=O. The molecule has 1 aromatic rings. The zero-order chi connectivity index (χ0) is 11.5. The van der Waals surface area contributed by atoms with Crippen LogP contribution in [0.4, 0.5) is 5.69 Å². The molecule has 1 amide bonds. The van der Waals surface area contributed by atoms with E-state index in [1.54, 1.807) is 0 Å². The summed E-state index contributed by atoms with van der Waals surface area (Å²) in [5.74, 6) is -1.10. The maximum absolute atomic E-state index is 11.7. The Kier molecular flexibility index (Phi) is 3.14. The molecule has 0 radical (unpaired) electrons. The van der Waals surface area contributed by atoms with Gasteiger partial charge in [-0.25, -0.2) is 0 Å². The molecule has 1 heterocycles. The Hall–Kier alpha value is -1.49. The van der Waals surface area contributed by atoms with Crippen molar-refractivity contribution in [2.75, 3.05) is 11.1 Å². The van der Waals surface area contributed by atoms with Crippen molar-refractivity contribution in [1.82, 2.24) is 0 Å². The second-order valence-corrected chi connectivity index (χ2v) is 4.65. The van der Waals surface area contributed by atoms with E-state index in [0.717, 1.165) is 10.6 Å². The van der Waals surface area contributed by atoms with Gasteiger partial charge in [-0.1, -0.05) is 12.1 Å². The lowest BCUT2D eigenvalue weighted by Gasteiger charge is -2.09. The van der Waals surface area contributed by atoms with Gasteiger partial charge in [-0.3, -0.25) is 9.59 Å². The summed E-state index contributed by atoms with van der Waals surface area (Å²) in [5, 5.41) is 11.5. The molecule has 0 unspecified atom stereocenters. The normalized spacial score (nSPS) is 19.5. The average molecular weight is 237 g/mol. The molecule has 2 rings (SSSR count). The van der Waals surface area contributed by atoms with Crippen molar-refractivity contribution >= 4 is 29.3 Å². The minimum absolute atomic E-state index is 0.118. The average Bonchev–Trinajstić information content (AvgIpc) is 2.39. The maximum Gasteiger partial charge on any atom is 0.304 e. The van der Waals surface area contributed by atoms with E-state index in [0.29, 0.717) is 5.75 Å². The minimum Gasteiger partial charge on any atom is -0.481 e. The van der Waals surface area contributed by atoms with E-state index < -0.39 is 11.9 Å². The number of rotatable bonds is 2. The van der Waals surface area contributed by atoms with Crippen LogP contribution in [0, 0.1) is 5.92 Å². The van der Waals surface area contributed by atoms with Gasteiger partial charge in [-0.05, 0) is 12.1 Å². The molecular formula is C11H11NO3S. The number of benzene rings is 1. The van der Waals surface area contributed by atoms with Crippen LogP contribution < -0.4 is 5.32 Å². The Balaban J connectivity index is 2.18. The first kappa shape index (κ1) is 11.0. The van der Waals surface area contributed by atoms with Gasteiger partial charge in [-0.2, -0.15) is 0 Å². The highest BCUT2D eigenvalue weighted by Crippen LogP contribution is 2.32. The zero-order valence-electron chi connectivity index (χ0n) is 8.47. The number of aliphatic carboxylic acids is 1. The molecule has 0 aromatic heterocycles. The Morgan fingerprint density at radius 1 is 1.50 bits per heavy atom. The largest absolute Gasteiger partial charge is 0.481 e. The molecule has 0 bridgehead atoms. The lowest BCUT2D eigenvalue weighted by molar-refractivity contribution is -0.139. The minimum atomic E-state index is -0.938. The van der Waals surface area contributed by atoms with Gasteiger partial charge in [0.2, 0.25) is 5.91 Å². The van der Waals surface area contributed by atoms with E-state index in [-0.39, 0.29) is 12.3 Å². The first-order chi connectivity index (χ1) is 7.66. The molecule has 16 heavy (non-hydrogen) atoms. The number of thioether (sulfide) groups is 1. The summed E-state index contributed by atoms with van der Waals surface area (Å²) >= 11 is 1.52. The van der Waals surface area contributed by atoms with Crippen molar-refractivity contribution in [2.45, 2.75) is 11.3 Å². The maximum atomic E-state index is 11.7. The van der Waals surface area contributed by atoms with Crippen molar-refractivity contribution in [2.24, 2.45) is 5.92 Å². The Morgan fingerprint density at radius 2 is 2.25 bits per heavy atom. The molecule has 1 aliphatic heterocycles. The number of carbonyl (C=O) groups excluding carboxylic acids is 1. The van der Waals surface area contributed by atoms with E-state index in [1.807, 2.05) is 24.3 Å². The van der Waals surface area contributed by atoms with Gasteiger partial charge in [0.05, 0.1) is 18.0 Å². The van der Waals surface area contributed by atoms with Crippen LogP contribution in [0.5, 0.6) is 0 Å². The predicted molar refractivity (Wildman–Crippen MR) is 61.5 cm³/mol. The Labute approximate surface area is 97.0 Å². The number of carbonyl (C=O) groups is 2. The number of carboxylic acids is 1. The van der Waals surface area contributed by atoms with Crippen LogP contribution in [0.2, 0.25) is 0 Å². The van der Waals surface area contributed by atoms with Gasteiger partial charge in [0.15, 0.2) is 0 Å². The number of hydrogen-bond donors (Lipinski definition) is 2. The van der Waals surface area contributed by atoms with Gasteiger partial charge < -0.3 is 10.4 Å². The summed E-state index contributed by atoms with van der Waals surface area (Å²) in [6, 6.07) is 7.49. The molecule has 1 aromatic carbocycles. The van der Waals surface area contributed by atoms with Gasteiger partial charge in [0, 0.05) is 10.6 Å². The predicted octanol–water partition coefficient (Wildman–Crippen LogP) is 1.82. The van der Waals surface area contributed by atoms with E-state index in [9.17, 15) is 9.59 Å². The van der Waals surface area contributed by atoms with Crippen LogP contribution >= 0.6 is 11.8 Å². The third-order valence-electron chi connectivity index (χ3n) is 2.38. The molecule has 4 nitrogen and oxygen atoms in total. The highest BCUT2D eigenvalue weighted by atomic mass is 32.2. The summed E-state index contributed by atoms with van der Waals surface area (Å²) in [5.41, 5.74) is 0.769. The monoisotopic (exact) mass is 237 g/mol. The lowest BCUT2D eigenvalue weighted by atomic mass is 10.1. The third kappa shape index (κ3) is 2.36. The highest BCUT2D eigenvalue weighted by Gasteiger charge is 2.25. The van der Waals surface area contributed by atoms with Gasteiger partial charge in [-0.15, -0.1) is 11.8 Å². The topological polar surface area (TPSA) is 66.4 Å². The van der Waals surface area contributed by atoms with Crippen molar-refractivity contribution in [1.29, 1.82) is 0 Å². The fourth-order valence-electron chi connectivity index (χ4n) is 1.56. The van der Waals surface area contributed by atoms with E-state index in [2.05, 4.69) is 5.32 Å². The fraction of sp³-hybridized carbons (Fsp3) is 0.273. The third-order valence-corrected chi connectivity index (χ3v) is 3.61. The molecule has 0 spiro atoms. The molecule has 0 fully saturated rings. The van der Waals surface area contributed by atoms with E-state index in [1.165, 1.54) is 11.8 Å². The first-order valence-electron chi connectivity index (χ1n) is 4.91. The van der Waals surface area contributed by atoms with Gasteiger partial charge in [0.1, 0.15) is 0 Å². The molecule has 5 heteroatoms. The summed E-state index contributed by atoms with van der Waals surface area (Å²) in [6.07, 6.45) is -0.118. The molecule has 0 aliphatic carbocycles. The van der Waals surface area contributed by atoms with Crippen molar-refractivity contribution < 1.29 is 14.7 Å². The van der Waals surface area contributed by atoms with Crippen molar-refractivity contribution in [3.05, 3.63) is 24.3 Å². The second-order valence-electron chi connectivity index (χ2n) is 3.59. The fourth-order valence-corrected chi connectivity index (χ4v) is 2.66. The molecule has 84 valence electrons. The standard InChI is InChI=1S/C11H11NO3S/c13-10(14)5-7-6-16-9-4-2-1-3-8(9)12-11(7)15/h1-4,7H,5-6H2,(H,12,15)(H,13,14)/t7-/m1/s1. The summed E-state index contributed by atoms with van der Waals surface area (Å²) in [7, 11) is 0. The molecular weight excluding hydrogens is 226 g/mol. The number of fused-ring (bicyclic) bond motifs is 1. The van der Waals surface area contributed by atoms with Crippen LogP contribution in [0.3, 0.4) is 0 Å². The number of amides is 1. The number of carboxylic acid groups (broad SMARTS) is 1. The second kappa shape index (κ2) is 4.57. The van der Waals surface area contributed by atoms with Crippen LogP contribution in [0.1, 0.15) is 6.42 Å². The molecule has 0 saturated heterocycles. The highest BCUT2D eigenvalue weighted by molar-refractivity contribution is 7.99. The summed E-state index contributed by atoms with van der Waals surface area (Å²) in [4.78, 5) is 23.3. The summed E-state index contributed by atoms with van der Waals surface area (Å²) < 4.78 is 0.